The van der Waals surface area contributed by atoms with Crippen LogP contribution in [0.4, 0.5) is 0 Å². The van der Waals surface area contributed by atoms with Crippen LogP contribution < -0.4 is 0 Å². The molecular weight excluding hydrogens is 280 g/mol. The van der Waals surface area contributed by atoms with Gasteiger partial charge in [-0.25, -0.2) is 0 Å². The monoisotopic (exact) mass is 312 g/mol. The normalized spacial score (nSPS) is 34.9. The predicted octanol–water partition coefficient (Wildman–Crippen LogP) is 4.07. The van der Waals surface area contributed by atoms with Gasteiger partial charge in [0.1, 0.15) is 11.6 Å². The summed E-state index contributed by atoms with van der Waals surface area (Å²) in [4.78, 5) is 24.4. The Balaban J connectivity index is 3.05. The minimum absolute atomic E-state index is 0.00280. The van der Waals surface area contributed by atoms with Crippen LogP contribution in [0.3, 0.4) is 0 Å². The first-order valence-corrected chi connectivity index (χ1v) is 10.9. The fourth-order valence-electron chi connectivity index (χ4n) is 3.06. The highest BCUT2D eigenvalue weighted by Gasteiger charge is 2.50. The zero-order valence-corrected chi connectivity index (χ0v) is 16.1. The van der Waals surface area contributed by atoms with Gasteiger partial charge < -0.3 is 4.43 Å². The van der Waals surface area contributed by atoms with Crippen molar-refractivity contribution in [3.05, 3.63) is 0 Å². The van der Waals surface area contributed by atoms with E-state index in [4.69, 9.17) is 4.43 Å². The van der Waals surface area contributed by atoms with E-state index in [0.717, 1.165) is 0 Å². The van der Waals surface area contributed by atoms with Gasteiger partial charge in [-0.2, -0.15) is 0 Å². The molecule has 0 radical (unpaired) electrons. The van der Waals surface area contributed by atoms with E-state index in [0.29, 0.717) is 0 Å². The van der Waals surface area contributed by atoms with Gasteiger partial charge in [-0.3, -0.25) is 9.59 Å². The summed E-state index contributed by atoms with van der Waals surface area (Å²) in [5.41, 5.74) is 0. The van der Waals surface area contributed by atoms with Gasteiger partial charge in [0.25, 0.3) is 0 Å². The highest BCUT2D eigenvalue weighted by Crippen LogP contribution is 2.43. The first-order valence-electron chi connectivity index (χ1n) is 8.03. The van der Waals surface area contributed by atoms with Crippen molar-refractivity contribution < 1.29 is 14.0 Å². The van der Waals surface area contributed by atoms with Crippen LogP contribution in [0, 0.1) is 23.7 Å². The van der Waals surface area contributed by atoms with Crippen molar-refractivity contribution in [2.45, 2.75) is 72.7 Å². The number of carbonyl (C=O) groups excluding carboxylic acids is 2. The quantitative estimate of drug-likeness (QED) is 0.583. The third kappa shape index (κ3) is 3.47. The smallest absolute Gasteiger partial charge is 0.192 e. The molecule has 0 aromatic carbocycles. The fraction of sp³-hybridized carbons (Fsp3) is 0.882. The molecule has 0 saturated heterocycles. The third-order valence-electron chi connectivity index (χ3n) is 5.80. The van der Waals surface area contributed by atoms with Gasteiger partial charge in [-0.1, -0.05) is 41.5 Å². The van der Waals surface area contributed by atoms with E-state index in [9.17, 15) is 9.59 Å². The molecule has 0 aliphatic heterocycles. The molecule has 0 spiro atoms. The number of hydrogen-bond acceptors (Lipinski definition) is 3. The van der Waals surface area contributed by atoms with Crippen molar-refractivity contribution in [1.82, 2.24) is 0 Å². The average molecular weight is 313 g/mol. The van der Waals surface area contributed by atoms with E-state index in [1.54, 1.807) is 0 Å². The van der Waals surface area contributed by atoms with Gasteiger partial charge in [0.15, 0.2) is 8.32 Å². The van der Waals surface area contributed by atoms with Crippen molar-refractivity contribution in [1.29, 1.82) is 0 Å². The van der Waals surface area contributed by atoms with E-state index >= 15 is 0 Å². The Bertz CT molecular complexity index is 422. The lowest BCUT2D eigenvalue weighted by Gasteiger charge is -2.47. The summed E-state index contributed by atoms with van der Waals surface area (Å²) in [5, 5.41) is 0.121. The molecule has 0 heterocycles. The summed E-state index contributed by atoms with van der Waals surface area (Å²) in [6.45, 7) is 18.7. The van der Waals surface area contributed by atoms with Gasteiger partial charge in [0.05, 0.1) is 12.0 Å². The number of carbonyl (C=O) groups is 2. The molecule has 1 fully saturated rings. The Labute approximate surface area is 131 Å². The largest absolute Gasteiger partial charge is 0.413 e. The highest BCUT2D eigenvalue weighted by atomic mass is 28.4. The van der Waals surface area contributed by atoms with E-state index in [2.05, 4.69) is 40.8 Å². The Morgan fingerprint density at radius 3 is 1.95 bits per heavy atom. The predicted molar refractivity (Wildman–Crippen MR) is 88.7 cm³/mol. The molecular formula is C17H32O3Si. The fourth-order valence-corrected chi connectivity index (χ4v) is 4.51. The summed E-state index contributed by atoms with van der Waals surface area (Å²) >= 11 is 0. The molecule has 0 N–H and O–H groups in total. The number of Topliss-reactive ketones (excluding diaryl/α,β-unsaturated/α-hetero) is 2. The molecule has 1 unspecified atom stereocenters. The molecule has 21 heavy (non-hydrogen) atoms. The molecule has 1 aliphatic rings. The maximum absolute atomic E-state index is 12.6. The molecule has 1 aliphatic carbocycles. The maximum atomic E-state index is 12.6. The molecule has 0 bridgehead atoms. The summed E-state index contributed by atoms with van der Waals surface area (Å²) < 4.78 is 6.54. The Hall–Kier alpha value is -0.483. The summed E-state index contributed by atoms with van der Waals surface area (Å²) in [6, 6.07) is 0. The van der Waals surface area contributed by atoms with Crippen molar-refractivity contribution in [2.75, 3.05) is 0 Å². The molecule has 1 rings (SSSR count). The van der Waals surface area contributed by atoms with Crippen molar-refractivity contribution in [3.8, 4) is 0 Å². The van der Waals surface area contributed by atoms with Crippen LogP contribution in [0.25, 0.3) is 0 Å². The van der Waals surface area contributed by atoms with Crippen LogP contribution in [-0.4, -0.2) is 26.0 Å². The third-order valence-corrected chi connectivity index (χ3v) is 10.3. The van der Waals surface area contributed by atoms with Gasteiger partial charge in [0, 0.05) is 5.92 Å². The molecule has 0 aromatic heterocycles. The first kappa shape index (κ1) is 18.6. The second-order valence-electron chi connectivity index (χ2n) is 8.34. The van der Waals surface area contributed by atoms with Crippen LogP contribution in [0.1, 0.15) is 48.5 Å². The summed E-state index contributed by atoms with van der Waals surface area (Å²) in [5.74, 6) is -0.302. The van der Waals surface area contributed by atoms with Gasteiger partial charge >= 0.3 is 0 Å². The van der Waals surface area contributed by atoms with Crippen molar-refractivity contribution in [2.24, 2.45) is 23.7 Å². The minimum atomic E-state index is -1.92. The van der Waals surface area contributed by atoms with E-state index in [-0.39, 0.29) is 40.5 Å². The van der Waals surface area contributed by atoms with Crippen LogP contribution >= 0.6 is 0 Å². The first-order chi connectivity index (χ1) is 9.31. The van der Waals surface area contributed by atoms with Crippen LogP contribution in [0.15, 0.2) is 0 Å². The summed E-state index contributed by atoms with van der Waals surface area (Å²) in [7, 11) is -1.92. The highest BCUT2D eigenvalue weighted by molar-refractivity contribution is 6.74. The Morgan fingerprint density at radius 1 is 1.10 bits per heavy atom. The lowest BCUT2D eigenvalue weighted by Crippen LogP contribution is -2.55. The molecule has 0 aromatic rings. The molecule has 4 heteroatoms. The lowest BCUT2D eigenvalue weighted by molar-refractivity contribution is -0.146. The standard InChI is InChI=1S/C17H32O3Si/c1-10-11(2)16(20-21(8,9)17(5,6)7)12(3)15(19)14(10)13(4)18/h10-12,14,16H,1-9H3/t10-,11+,12-,14?,16-/m1/s1. The zero-order valence-electron chi connectivity index (χ0n) is 15.1. The molecule has 3 nitrogen and oxygen atoms in total. The topological polar surface area (TPSA) is 43.4 Å². The van der Waals surface area contributed by atoms with E-state index in [1.165, 1.54) is 6.92 Å². The van der Waals surface area contributed by atoms with Crippen molar-refractivity contribution >= 4 is 19.9 Å². The number of ketones is 2. The second-order valence-corrected chi connectivity index (χ2v) is 13.1. The second kappa shape index (κ2) is 5.96. The lowest BCUT2D eigenvalue weighted by atomic mass is 9.66. The zero-order chi connectivity index (χ0) is 16.7. The number of rotatable bonds is 3. The Morgan fingerprint density at radius 2 is 1.57 bits per heavy atom. The SMILES string of the molecule is CC(=O)C1C(=O)[C@@H](C)[C@H](O[Si](C)(C)C(C)(C)C)[C@@H](C)[C@H]1C. The Kier molecular flexibility index (Phi) is 5.27. The molecule has 5 atom stereocenters. The van der Waals surface area contributed by atoms with E-state index < -0.39 is 14.2 Å². The van der Waals surface area contributed by atoms with Crippen LogP contribution in [-0.2, 0) is 14.0 Å². The maximum Gasteiger partial charge on any atom is 0.192 e. The van der Waals surface area contributed by atoms with Gasteiger partial charge in [-0.15, -0.1) is 0 Å². The molecule has 122 valence electrons. The minimum Gasteiger partial charge on any atom is -0.413 e. The van der Waals surface area contributed by atoms with Crippen LogP contribution in [0.5, 0.6) is 0 Å². The average Bonchev–Trinajstić information content (AvgIpc) is 2.30. The van der Waals surface area contributed by atoms with Crippen LogP contribution in [0.2, 0.25) is 18.1 Å². The number of hydrogen-bond donors (Lipinski definition) is 0. The molecule has 1 saturated carbocycles. The van der Waals surface area contributed by atoms with Gasteiger partial charge in [0.2, 0.25) is 0 Å². The van der Waals surface area contributed by atoms with Crippen molar-refractivity contribution in [3.63, 3.8) is 0 Å². The van der Waals surface area contributed by atoms with E-state index in [1.807, 2.05) is 13.8 Å². The summed E-state index contributed by atoms with van der Waals surface area (Å²) in [6.07, 6.45) is -0.0657. The van der Waals surface area contributed by atoms with Gasteiger partial charge in [-0.05, 0) is 36.9 Å². The molecule has 0 amide bonds.